The molecule has 1 aliphatic rings. The fourth-order valence-electron chi connectivity index (χ4n) is 3.17. The molecule has 1 saturated heterocycles. The summed E-state index contributed by atoms with van der Waals surface area (Å²) in [6, 6.07) is 15.3. The Morgan fingerprint density at radius 3 is 2.42 bits per heavy atom. The van der Waals surface area contributed by atoms with Gasteiger partial charge in [0.1, 0.15) is 5.75 Å². The topological polar surface area (TPSA) is 41.6 Å². The predicted molar refractivity (Wildman–Crippen MR) is 104 cm³/mol. The quantitative estimate of drug-likeness (QED) is 0.798. The Morgan fingerprint density at radius 2 is 1.69 bits per heavy atom. The minimum Gasteiger partial charge on any atom is -0.484 e. The Morgan fingerprint density at radius 1 is 1.00 bits per heavy atom. The summed E-state index contributed by atoms with van der Waals surface area (Å²) in [5.41, 5.74) is 2.45. The number of benzene rings is 2. The second-order valence-corrected chi connectivity index (χ2v) is 7.06. The molecule has 0 aliphatic carbocycles. The van der Waals surface area contributed by atoms with Crippen molar-refractivity contribution in [3.8, 4) is 5.75 Å². The molecule has 1 heterocycles. The van der Waals surface area contributed by atoms with E-state index in [1.54, 1.807) is 24.3 Å². The number of hydrogen-bond acceptors (Lipinski definition) is 3. The van der Waals surface area contributed by atoms with Crippen LogP contribution in [0.1, 0.15) is 30.4 Å². The largest absolute Gasteiger partial charge is 0.484 e. The van der Waals surface area contributed by atoms with Gasteiger partial charge in [-0.1, -0.05) is 42.3 Å². The minimum absolute atomic E-state index is 0.00404. The summed E-state index contributed by atoms with van der Waals surface area (Å²) in [5, 5.41) is 3.60. The van der Waals surface area contributed by atoms with Gasteiger partial charge in [0.05, 0.1) is 0 Å². The summed E-state index contributed by atoms with van der Waals surface area (Å²) in [6.45, 7) is 3.79. The highest BCUT2D eigenvalue weighted by atomic mass is 35.5. The van der Waals surface area contributed by atoms with Gasteiger partial charge < -0.3 is 10.1 Å². The van der Waals surface area contributed by atoms with Gasteiger partial charge in [0.25, 0.3) is 5.91 Å². The van der Waals surface area contributed by atoms with Gasteiger partial charge in [-0.05, 0) is 61.3 Å². The van der Waals surface area contributed by atoms with E-state index in [9.17, 15) is 4.79 Å². The molecule has 3 rings (SSSR count). The summed E-state index contributed by atoms with van der Waals surface area (Å²) in [5.74, 6) is 0.503. The average Bonchev–Trinajstić information content (AvgIpc) is 2.68. The van der Waals surface area contributed by atoms with E-state index in [-0.39, 0.29) is 12.5 Å². The Hall–Kier alpha value is -2.04. The molecule has 0 radical (unpaired) electrons. The molecule has 0 unspecified atom stereocenters. The average molecular weight is 373 g/mol. The van der Waals surface area contributed by atoms with Crippen LogP contribution >= 0.6 is 11.6 Å². The number of carbonyl (C=O) groups is 1. The van der Waals surface area contributed by atoms with E-state index in [1.807, 2.05) is 6.07 Å². The normalized spacial score (nSPS) is 14.8. The Kier molecular flexibility index (Phi) is 6.92. The van der Waals surface area contributed by atoms with E-state index in [0.717, 1.165) is 25.2 Å². The van der Waals surface area contributed by atoms with Crippen molar-refractivity contribution in [2.75, 3.05) is 19.7 Å². The maximum Gasteiger partial charge on any atom is 0.258 e. The Balaban J connectivity index is 1.49. The fourth-order valence-corrected chi connectivity index (χ4v) is 3.29. The summed E-state index contributed by atoms with van der Waals surface area (Å²) in [4.78, 5) is 14.6. The molecule has 1 amide bonds. The zero-order valence-electron chi connectivity index (χ0n) is 14.9. The fraction of sp³-hybridized carbons (Fsp3) is 0.381. The number of piperidine rings is 1. The molecule has 2 aromatic carbocycles. The van der Waals surface area contributed by atoms with Crippen LogP contribution in [0.25, 0.3) is 0 Å². The van der Waals surface area contributed by atoms with Crippen molar-refractivity contribution in [3.63, 3.8) is 0 Å². The van der Waals surface area contributed by atoms with Crippen LogP contribution in [0.3, 0.4) is 0 Å². The van der Waals surface area contributed by atoms with Crippen LogP contribution in [0.15, 0.2) is 48.5 Å². The number of halogens is 1. The molecular formula is C21H25ClN2O2. The number of rotatable bonds is 7. The van der Waals surface area contributed by atoms with E-state index < -0.39 is 0 Å². The van der Waals surface area contributed by atoms with Crippen LogP contribution in [-0.4, -0.2) is 30.5 Å². The maximum absolute atomic E-state index is 12.1. The number of amides is 1. The van der Waals surface area contributed by atoms with Crippen molar-refractivity contribution in [1.29, 1.82) is 0 Å². The lowest BCUT2D eigenvalue weighted by Crippen LogP contribution is -2.31. The van der Waals surface area contributed by atoms with Crippen molar-refractivity contribution in [3.05, 3.63) is 64.7 Å². The second-order valence-electron chi connectivity index (χ2n) is 6.62. The van der Waals surface area contributed by atoms with Gasteiger partial charge in [0, 0.05) is 18.1 Å². The zero-order chi connectivity index (χ0) is 18.2. The van der Waals surface area contributed by atoms with Crippen LogP contribution in [0.2, 0.25) is 5.02 Å². The predicted octanol–water partition coefficient (Wildman–Crippen LogP) is 4.02. The molecule has 0 bridgehead atoms. The molecule has 0 aromatic heterocycles. The number of ether oxygens (including phenoxy) is 1. The van der Waals surface area contributed by atoms with Crippen LogP contribution in [0.4, 0.5) is 0 Å². The van der Waals surface area contributed by atoms with E-state index >= 15 is 0 Å². The van der Waals surface area contributed by atoms with Crippen molar-refractivity contribution < 1.29 is 9.53 Å². The van der Waals surface area contributed by atoms with Gasteiger partial charge in [-0.15, -0.1) is 0 Å². The first-order valence-corrected chi connectivity index (χ1v) is 9.53. The molecule has 0 spiro atoms. The highest BCUT2D eigenvalue weighted by Gasteiger charge is 2.13. The Labute approximate surface area is 160 Å². The highest BCUT2D eigenvalue weighted by Crippen LogP contribution is 2.17. The number of hydrogen-bond donors (Lipinski definition) is 1. The van der Waals surface area contributed by atoms with Gasteiger partial charge in [-0.3, -0.25) is 9.69 Å². The number of nitrogens with one attached hydrogen (secondary N) is 1. The zero-order valence-corrected chi connectivity index (χ0v) is 15.7. The number of carbonyl (C=O) groups excluding carboxylic acids is 1. The molecule has 1 N–H and O–H groups in total. The van der Waals surface area contributed by atoms with Crippen LogP contribution < -0.4 is 10.1 Å². The van der Waals surface area contributed by atoms with Crippen molar-refractivity contribution in [2.24, 2.45) is 0 Å². The molecule has 1 aliphatic heterocycles. The molecular weight excluding hydrogens is 348 g/mol. The van der Waals surface area contributed by atoms with Gasteiger partial charge in [-0.2, -0.15) is 0 Å². The monoisotopic (exact) mass is 372 g/mol. The lowest BCUT2D eigenvalue weighted by molar-refractivity contribution is -0.123. The third-order valence-electron chi connectivity index (χ3n) is 4.62. The van der Waals surface area contributed by atoms with Crippen LogP contribution in [0.5, 0.6) is 5.75 Å². The van der Waals surface area contributed by atoms with Gasteiger partial charge >= 0.3 is 0 Å². The third kappa shape index (κ3) is 5.75. The second kappa shape index (κ2) is 9.60. The summed E-state index contributed by atoms with van der Waals surface area (Å²) < 4.78 is 5.48. The Bertz CT molecular complexity index is 712. The van der Waals surface area contributed by atoms with E-state index in [1.165, 1.54) is 24.8 Å². The smallest absolute Gasteiger partial charge is 0.258 e. The summed E-state index contributed by atoms with van der Waals surface area (Å²) in [6.07, 6.45) is 3.89. The first-order valence-electron chi connectivity index (χ1n) is 9.15. The molecule has 4 nitrogen and oxygen atoms in total. The van der Waals surface area contributed by atoms with Gasteiger partial charge in [-0.25, -0.2) is 0 Å². The first-order chi connectivity index (χ1) is 12.7. The third-order valence-corrected chi connectivity index (χ3v) is 4.87. The van der Waals surface area contributed by atoms with Crippen molar-refractivity contribution in [1.82, 2.24) is 10.2 Å². The minimum atomic E-state index is -0.132. The van der Waals surface area contributed by atoms with Gasteiger partial charge in [0.15, 0.2) is 6.61 Å². The molecule has 26 heavy (non-hydrogen) atoms. The first kappa shape index (κ1) is 18.7. The standard InChI is InChI=1S/C21H25ClN2O2/c22-19-8-10-20(11-9-19)26-16-21(25)23-14-17-6-2-3-7-18(17)15-24-12-4-1-5-13-24/h2-3,6-11H,1,4-5,12-16H2,(H,23,25). The highest BCUT2D eigenvalue weighted by molar-refractivity contribution is 6.30. The van der Waals surface area contributed by atoms with E-state index in [4.69, 9.17) is 16.3 Å². The van der Waals surface area contributed by atoms with Crippen molar-refractivity contribution in [2.45, 2.75) is 32.4 Å². The lowest BCUT2D eigenvalue weighted by atomic mass is 10.0. The van der Waals surface area contributed by atoms with Crippen molar-refractivity contribution >= 4 is 17.5 Å². The molecule has 0 saturated carbocycles. The summed E-state index contributed by atoms with van der Waals surface area (Å²) in [7, 11) is 0. The molecule has 138 valence electrons. The SMILES string of the molecule is O=C(COc1ccc(Cl)cc1)NCc1ccccc1CN1CCCCC1. The molecule has 1 fully saturated rings. The molecule has 5 heteroatoms. The van der Waals surface area contributed by atoms with E-state index in [2.05, 4.69) is 28.4 Å². The van der Waals surface area contributed by atoms with Crippen LogP contribution in [-0.2, 0) is 17.9 Å². The molecule has 2 aromatic rings. The number of likely N-dealkylation sites (tertiary alicyclic amines) is 1. The van der Waals surface area contributed by atoms with E-state index in [0.29, 0.717) is 17.3 Å². The number of nitrogens with zero attached hydrogens (tertiary/aromatic N) is 1. The van der Waals surface area contributed by atoms with Gasteiger partial charge in [0.2, 0.25) is 0 Å². The molecule has 0 atom stereocenters. The lowest BCUT2D eigenvalue weighted by Gasteiger charge is -2.27. The summed E-state index contributed by atoms with van der Waals surface area (Å²) >= 11 is 5.84. The van der Waals surface area contributed by atoms with Crippen LogP contribution in [0, 0.1) is 0 Å². The maximum atomic E-state index is 12.1.